The van der Waals surface area contributed by atoms with Gasteiger partial charge in [-0.3, -0.25) is 14.4 Å². The maximum atomic E-state index is 12.8. The van der Waals surface area contributed by atoms with E-state index in [0.29, 0.717) is 43.0 Å². The average molecular weight is 424 g/mol. The first-order valence-electron chi connectivity index (χ1n) is 10.4. The number of hydrogen-bond acceptors (Lipinski definition) is 5. The smallest absolute Gasteiger partial charge is 0.308 e. The molecule has 1 N–H and O–H groups in total. The van der Waals surface area contributed by atoms with Gasteiger partial charge in [-0.05, 0) is 68.1 Å². The van der Waals surface area contributed by atoms with Crippen molar-refractivity contribution in [3.8, 4) is 11.5 Å². The molecule has 7 heteroatoms. The monoisotopic (exact) mass is 424 g/mol. The van der Waals surface area contributed by atoms with E-state index in [1.807, 2.05) is 32.0 Å². The number of nitrogens with one attached hydrogen (secondary N) is 1. The summed E-state index contributed by atoms with van der Waals surface area (Å²) in [6.45, 7) is 6.40. The van der Waals surface area contributed by atoms with Gasteiger partial charge in [0.1, 0.15) is 11.5 Å². The van der Waals surface area contributed by atoms with Crippen LogP contribution in [0.25, 0.3) is 0 Å². The Morgan fingerprint density at radius 1 is 1.00 bits per heavy atom. The van der Waals surface area contributed by atoms with Gasteiger partial charge in [-0.25, -0.2) is 0 Å². The molecule has 1 aliphatic rings. The number of ether oxygens (including phenoxy) is 2. The summed E-state index contributed by atoms with van der Waals surface area (Å²) in [4.78, 5) is 37.9. The number of rotatable bonds is 6. The van der Waals surface area contributed by atoms with Gasteiger partial charge in [0.05, 0.1) is 0 Å². The summed E-state index contributed by atoms with van der Waals surface area (Å²) in [7, 11) is 0. The zero-order valence-corrected chi connectivity index (χ0v) is 18.1. The first-order valence-corrected chi connectivity index (χ1v) is 10.4. The summed E-state index contributed by atoms with van der Waals surface area (Å²) in [5, 5.41) is 2.99. The van der Waals surface area contributed by atoms with E-state index in [2.05, 4.69) is 5.32 Å². The van der Waals surface area contributed by atoms with Gasteiger partial charge in [-0.15, -0.1) is 0 Å². The van der Waals surface area contributed by atoms with Crippen molar-refractivity contribution in [2.75, 3.05) is 19.7 Å². The van der Waals surface area contributed by atoms with E-state index in [-0.39, 0.29) is 24.5 Å². The van der Waals surface area contributed by atoms with Crippen LogP contribution in [-0.2, 0) is 9.59 Å². The fourth-order valence-electron chi connectivity index (χ4n) is 3.49. The van der Waals surface area contributed by atoms with Crippen molar-refractivity contribution in [2.24, 2.45) is 0 Å². The second-order valence-corrected chi connectivity index (χ2v) is 7.79. The van der Waals surface area contributed by atoms with Gasteiger partial charge < -0.3 is 19.7 Å². The third-order valence-electron chi connectivity index (χ3n) is 5.34. The molecule has 0 radical (unpaired) electrons. The van der Waals surface area contributed by atoms with Gasteiger partial charge in [0.15, 0.2) is 6.61 Å². The second-order valence-electron chi connectivity index (χ2n) is 7.79. The number of aryl methyl sites for hydroxylation is 2. The quantitative estimate of drug-likeness (QED) is 0.569. The van der Waals surface area contributed by atoms with Crippen LogP contribution < -0.4 is 14.8 Å². The van der Waals surface area contributed by atoms with Gasteiger partial charge in [-0.2, -0.15) is 0 Å². The summed E-state index contributed by atoms with van der Waals surface area (Å²) >= 11 is 0. The van der Waals surface area contributed by atoms with E-state index in [1.165, 1.54) is 12.5 Å². The molecule has 0 bridgehead atoms. The molecule has 0 atom stereocenters. The van der Waals surface area contributed by atoms with Crippen molar-refractivity contribution in [2.45, 2.75) is 39.7 Å². The molecule has 0 aromatic heterocycles. The Labute approximate surface area is 182 Å². The summed E-state index contributed by atoms with van der Waals surface area (Å²) in [6.07, 6.45) is 1.34. The van der Waals surface area contributed by atoms with Gasteiger partial charge in [-0.1, -0.05) is 12.1 Å². The minimum atomic E-state index is -0.428. The van der Waals surface area contributed by atoms with Crippen LogP contribution in [-0.4, -0.2) is 48.4 Å². The number of hydrogen-bond donors (Lipinski definition) is 1. The van der Waals surface area contributed by atoms with Gasteiger partial charge in [0.2, 0.25) is 0 Å². The third kappa shape index (κ3) is 6.31. The standard InChI is InChI=1S/C24H28N2O5/c1-16-7-8-21(13-17(16)2)30-15-23(28)25-20-9-11-26(12-10-20)24(29)19-5-4-6-22(14-19)31-18(3)27/h4-8,13-14,20H,9-12,15H2,1-3H3,(H,25,28). The first-order chi connectivity index (χ1) is 14.8. The minimum Gasteiger partial charge on any atom is -0.484 e. The number of carbonyl (C=O) groups is 3. The molecule has 0 unspecified atom stereocenters. The molecular weight excluding hydrogens is 396 g/mol. The van der Waals surface area contributed by atoms with Crippen LogP contribution in [0.3, 0.4) is 0 Å². The van der Waals surface area contributed by atoms with Crippen molar-refractivity contribution >= 4 is 17.8 Å². The fourth-order valence-corrected chi connectivity index (χ4v) is 3.49. The van der Waals surface area contributed by atoms with E-state index in [1.54, 1.807) is 29.2 Å². The van der Waals surface area contributed by atoms with Crippen molar-refractivity contribution in [3.63, 3.8) is 0 Å². The van der Waals surface area contributed by atoms with E-state index in [0.717, 1.165) is 5.56 Å². The molecule has 2 amide bonds. The highest BCUT2D eigenvalue weighted by molar-refractivity contribution is 5.94. The summed E-state index contributed by atoms with van der Waals surface area (Å²) in [6, 6.07) is 12.4. The molecule has 1 saturated heterocycles. The maximum absolute atomic E-state index is 12.8. The summed E-state index contributed by atoms with van der Waals surface area (Å²) in [5.41, 5.74) is 2.77. The van der Waals surface area contributed by atoms with Crippen molar-refractivity contribution in [3.05, 3.63) is 59.2 Å². The highest BCUT2D eigenvalue weighted by atomic mass is 16.5. The number of esters is 1. The normalized spacial score (nSPS) is 14.1. The predicted molar refractivity (Wildman–Crippen MR) is 116 cm³/mol. The van der Waals surface area contributed by atoms with Crippen LogP contribution in [0.15, 0.2) is 42.5 Å². The van der Waals surface area contributed by atoms with Gasteiger partial charge in [0.25, 0.3) is 11.8 Å². The van der Waals surface area contributed by atoms with Crippen molar-refractivity contribution in [1.82, 2.24) is 10.2 Å². The SMILES string of the molecule is CC(=O)Oc1cccc(C(=O)N2CCC(NC(=O)COc3ccc(C)c(C)c3)CC2)c1. The summed E-state index contributed by atoms with van der Waals surface area (Å²) in [5.74, 6) is 0.315. The fraction of sp³-hybridized carbons (Fsp3) is 0.375. The zero-order valence-electron chi connectivity index (χ0n) is 18.1. The number of benzene rings is 2. The molecule has 0 saturated carbocycles. The Balaban J connectivity index is 1.45. The van der Waals surface area contributed by atoms with Crippen molar-refractivity contribution in [1.29, 1.82) is 0 Å². The lowest BCUT2D eigenvalue weighted by molar-refractivity contribution is -0.132. The second kappa shape index (κ2) is 10.1. The van der Waals surface area contributed by atoms with Crippen LogP contribution in [0.5, 0.6) is 11.5 Å². The van der Waals surface area contributed by atoms with Crippen LogP contribution >= 0.6 is 0 Å². The molecule has 0 aliphatic carbocycles. The number of piperidine rings is 1. The molecule has 1 heterocycles. The molecule has 3 rings (SSSR count). The lowest BCUT2D eigenvalue weighted by Crippen LogP contribution is -2.47. The van der Waals surface area contributed by atoms with E-state index < -0.39 is 5.97 Å². The van der Waals surface area contributed by atoms with Gasteiger partial charge >= 0.3 is 5.97 Å². The molecular formula is C24H28N2O5. The first kappa shape index (κ1) is 22.3. The topological polar surface area (TPSA) is 84.9 Å². The minimum absolute atomic E-state index is 0.00674. The lowest BCUT2D eigenvalue weighted by Gasteiger charge is -2.32. The highest BCUT2D eigenvalue weighted by Crippen LogP contribution is 2.19. The van der Waals surface area contributed by atoms with Crippen molar-refractivity contribution < 1.29 is 23.9 Å². The number of nitrogens with zero attached hydrogens (tertiary/aromatic N) is 1. The van der Waals surface area contributed by atoms with E-state index in [4.69, 9.17) is 9.47 Å². The molecule has 1 fully saturated rings. The average Bonchev–Trinajstić information content (AvgIpc) is 2.74. The lowest BCUT2D eigenvalue weighted by atomic mass is 10.0. The number of carbonyl (C=O) groups excluding carboxylic acids is 3. The zero-order chi connectivity index (χ0) is 22.4. The molecule has 2 aromatic carbocycles. The number of amides is 2. The van der Waals surface area contributed by atoms with Crippen LogP contribution in [0.1, 0.15) is 41.3 Å². The molecule has 2 aromatic rings. The Bertz CT molecular complexity index is 964. The van der Waals surface area contributed by atoms with Crippen LogP contribution in [0.2, 0.25) is 0 Å². The van der Waals surface area contributed by atoms with E-state index >= 15 is 0 Å². The molecule has 7 nitrogen and oxygen atoms in total. The van der Waals surface area contributed by atoms with E-state index in [9.17, 15) is 14.4 Å². The van der Waals surface area contributed by atoms with Gasteiger partial charge in [0, 0.05) is 31.6 Å². The molecule has 1 aliphatic heterocycles. The Morgan fingerprint density at radius 2 is 1.74 bits per heavy atom. The molecule has 164 valence electrons. The Kier molecular flexibility index (Phi) is 7.28. The Morgan fingerprint density at radius 3 is 2.42 bits per heavy atom. The predicted octanol–water partition coefficient (Wildman–Crippen LogP) is 3.03. The molecule has 31 heavy (non-hydrogen) atoms. The maximum Gasteiger partial charge on any atom is 0.308 e. The Hall–Kier alpha value is -3.35. The number of likely N-dealkylation sites (tertiary alicyclic amines) is 1. The van der Waals surface area contributed by atoms with Crippen LogP contribution in [0, 0.1) is 13.8 Å². The molecule has 0 spiro atoms. The van der Waals surface area contributed by atoms with Crippen LogP contribution in [0.4, 0.5) is 0 Å². The summed E-state index contributed by atoms with van der Waals surface area (Å²) < 4.78 is 10.6. The highest BCUT2D eigenvalue weighted by Gasteiger charge is 2.25. The largest absolute Gasteiger partial charge is 0.484 e. The third-order valence-corrected chi connectivity index (χ3v) is 5.34.